The van der Waals surface area contributed by atoms with E-state index in [1.165, 1.54) is 6.08 Å². The van der Waals surface area contributed by atoms with Gasteiger partial charge in [-0.15, -0.1) is 0 Å². The maximum absolute atomic E-state index is 12.5. The van der Waals surface area contributed by atoms with Gasteiger partial charge in [0.15, 0.2) is 6.61 Å². The molecule has 1 N–H and O–H groups in total. The highest BCUT2D eigenvalue weighted by Gasteiger charge is 2.25. The molecule has 32 heavy (non-hydrogen) atoms. The Morgan fingerprint density at radius 1 is 1.03 bits per heavy atom. The quantitative estimate of drug-likeness (QED) is 0.423. The number of carbonyl (C=O) groups is 2. The van der Waals surface area contributed by atoms with E-state index >= 15 is 0 Å². The summed E-state index contributed by atoms with van der Waals surface area (Å²) in [4.78, 5) is 26.5. The number of nitrogens with zero attached hydrogens (tertiary/aromatic N) is 1. The molecule has 6 heteroatoms. The molecule has 4 rings (SSSR count). The number of para-hydroxylation sites is 1. The number of carbonyl (C=O) groups excluding carboxylic acids is 2. The number of hydrogen-bond acceptors (Lipinski definition) is 4. The molecular formula is C26H24N2O4. The van der Waals surface area contributed by atoms with Crippen LogP contribution in [-0.2, 0) is 9.59 Å². The summed E-state index contributed by atoms with van der Waals surface area (Å²) in [6, 6.07) is 24.5. The van der Waals surface area contributed by atoms with Crippen molar-refractivity contribution >= 4 is 29.3 Å². The molecule has 3 aromatic rings. The van der Waals surface area contributed by atoms with Crippen LogP contribution in [0.4, 0.5) is 11.4 Å². The zero-order valence-electron chi connectivity index (χ0n) is 17.6. The Morgan fingerprint density at radius 3 is 2.56 bits per heavy atom. The molecular weight excluding hydrogens is 404 g/mol. The fraction of sp³-hybridized carbons (Fsp3) is 0.154. The van der Waals surface area contributed by atoms with E-state index in [9.17, 15) is 9.59 Å². The number of nitrogens with one attached hydrogen (secondary N) is 1. The molecule has 0 radical (unpaired) electrons. The standard InChI is InChI=1S/C26H24N2O4/c29-25(15-12-20-8-3-1-4-9-20)27-21-13-14-24-23(18-21)28(26(30)19-32-24)16-7-17-31-22-10-5-2-6-11-22/h1-6,8-15,18H,7,16-17,19H2,(H,27,29)/b15-12+. The van der Waals surface area contributed by atoms with Crippen LogP contribution in [0.25, 0.3) is 6.08 Å². The number of rotatable bonds is 8. The summed E-state index contributed by atoms with van der Waals surface area (Å²) in [6.07, 6.45) is 3.89. The molecule has 162 valence electrons. The van der Waals surface area contributed by atoms with E-state index in [1.54, 1.807) is 29.2 Å². The van der Waals surface area contributed by atoms with Crippen molar-refractivity contribution in [1.82, 2.24) is 0 Å². The van der Waals surface area contributed by atoms with Crippen LogP contribution in [0.1, 0.15) is 12.0 Å². The Labute approximate surface area is 187 Å². The van der Waals surface area contributed by atoms with Crippen molar-refractivity contribution in [2.75, 3.05) is 30.0 Å². The van der Waals surface area contributed by atoms with Crippen LogP contribution in [0.3, 0.4) is 0 Å². The average molecular weight is 428 g/mol. The van der Waals surface area contributed by atoms with Gasteiger partial charge in [0, 0.05) is 18.3 Å². The molecule has 1 heterocycles. The van der Waals surface area contributed by atoms with Gasteiger partial charge in [0.2, 0.25) is 5.91 Å². The molecule has 2 amide bonds. The van der Waals surface area contributed by atoms with Crippen LogP contribution < -0.4 is 19.7 Å². The van der Waals surface area contributed by atoms with Crippen molar-refractivity contribution in [2.45, 2.75) is 6.42 Å². The minimum Gasteiger partial charge on any atom is -0.494 e. The van der Waals surface area contributed by atoms with Crippen LogP contribution in [-0.4, -0.2) is 31.6 Å². The lowest BCUT2D eigenvalue weighted by Gasteiger charge is -2.29. The van der Waals surface area contributed by atoms with Gasteiger partial charge in [-0.3, -0.25) is 9.59 Å². The SMILES string of the molecule is O=C(/C=C/c1ccccc1)Nc1ccc2c(c1)N(CCCOc1ccccc1)C(=O)CO2. The van der Waals surface area contributed by atoms with Crippen molar-refractivity contribution in [2.24, 2.45) is 0 Å². The van der Waals surface area contributed by atoms with Gasteiger partial charge in [-0.25, -0.2) is 0 Å². The smallest absolute Gasteiger partial charge is 0.265 e. The molecule has 0 spiro atoms. The Hall–Kier alpha value is -4.06. The zero-order valence-corrected chi connectivity index (χ0v) is 17.6. The largest absolute Gasteiger partial charge is 0.494 e. The van der Waals surface area contributed by atoms with Gasteiger partial charge in [-0.1, -0.05) is 48.5 Å². The van der Waals surface area contributed by atoms with E-state index in [1.807, 2.05) is 60.7 Å². The Bertz CT molecular complexity index is 1100. The Morgan fingerprint density at radius 2 is 1.78 bits per heavy atom. The summed E-state index contributed by atoms with van der Waals surface area (Å²) in [5.74, 6) is 1.05. The van der Waals surface area contributed by atoms with Crippen molar-refractivity contribution in [1.29, 1.82) is 0 Å². The van der Waals surface area contributed by atoms with E-state index < -0.39 is 0 Å². The number of amides is 2. The number of benzene rings is 3. The molecule has 0 bridgehead atoms. The highest BCUT2D eigenvalue weighted by molar-refractivity contribution is 6.03. The second-order valence-corrected chi connectivity index (χ2v) is 7.26. The van der Waals surface area contributed by atoms with Crippen LogP contribution in [0.15, 0.2) is 84.9 Å². The van der Waals surface area contributed by atoms with E-state index in [-0.39, 0.29) is 18.4 Å². The van der Waals surface area contributed by atoms with Gasteiger partial charge in [0.25, 0.3) is 5.91 Å². The van der Waals surface area contributed by atoms with Gasteiger partial charge in [0.1, 0.15) is 11.5 Å². The predicted molar refractivity (Wildman–Crippen MR) is 125 cm³/mol. The summed E-state index contributed by atoms with van der Waals surface area (Å²) in [6.45, 7) is 0.982. The average Bonchev–Trinajstić information content (AvgIpc) is 2.83. The Balaban J connectivity index is 1.38. The zero-order chi connectivity index (χ0) is 22.2. The number of hydrogen-bond donors (Lipinski definition) is 1. The lowest BCUT2D eigenvalue weighted by Crippen LogP contribution is -2.39. The first-order valence-electron chi connectivity index (χ1n) is 10.5. The number of anilines is 2. The van der Waals surface area contributed by atoms with Crippen molar-refractivity contribution in [3.63, 3.8) is 0 Å². The maximum Gasteiger partial charge on any atom is 0.265 e. The summed E-state index contributed by atoms with van der Waals surface area (Å²) in [5, 5.41) is 2.84. The third-order valence-corrected chi connectivity index (χ3v) is 4.93. The molecule has 0 atom stereocenters. The van der Waals surface area contributed by atoms with E-state index in [0.717, 1.165) is 11.3 Å². The monoisotopic (exact) mass is 428 g/mol. The fourth-order valence-electron chi connectivity index (χ4n) is 3.37. The second-order valence-electron chi connectivity index (χ2n) is 7.26. The molecule has 0 unspecified atom stereocenters. The topological polar surface area (TPSA) is 67.9 Å². The summed E-state index contributed by atoms with van der Waals surface area (Å²) in [5.41, 5.74) is 2.18. The van der Waals surface area contributed by atoms with E-state index in [2.05, 4.69) is 5.32 Å². The summed E-state index contributed by atoms with van der Waals surface area (Å²) in [7, 11) is 0. The van der Waals surface area contributed by atoms with Crippen molar-refractivity contribution in [3.8, 4) is 11.5 Å². The maximum atomic E-state index is 12.5. The van der Waals surface area contributed by atoms with Crippen LogP contribution in [0, 0.1) is 0 Å². The minimum atomic E-state index is -0.250. The van der Waals surface area contributed by atoms with Gasteiger partial charge in [0.05, 0.1) is 12.3 Å². The van der Waals surface area contributed by atoms with Crippen molar-refractivity contribution in [3.05, 3.63) is 90.5 Å². The van der Waals surface area contributed by atoms with Crippen LogP contribution in [0.2, 0.25) is 0 Å². The highest BCUT2D eigenvalue weighted by Crippen LogP contribution is 2.34. The molecule has 0 saturated heterocycles. The first kappa shape index (κ1) is 21.2. The lowest BCUT2D eigenvalue weighted by atomic mass is 10.2. The molecule has 1 aliphatic heterocycles. The number of fused-ring (bicyclic) bond motifs is 1. The van der Waals surface area contributed by atoms with Crippen molar-refractivity contribution < 1.29 is 19.1 Å². The van der Waals surface area contributed by atoms with Gasteiger partial charge in [-0.05, 0) is 48.4 Å². The molecule has 0 fully saturated rings. The number of ether oxygens (including phenoxy) is 2. The van der Waals surface area contributed by atoms with E-state index in [0.29, 0.717) is 36.7 Å². The molecule has 1 aliphatic rings. The predicted octanol–water partition coefficient (Wildman–Crippen LogP) is 4.53. The third-order valence-electron chi connectivity index (χ3n) is 4.93. The first-order chi connectivity index (χ1) is 15.7. The second kappa shape index (κ2) is 10.3. The summed E-state index contributed by atoms with van der Waals surface area (Å²) < 4.78 is 11.3. The lowest BCUT2D eigenvalue weighted by molar-refractivity contribution is -0.121. The minimum absolute atomic E-state index is 0.00192. The first-order valence-corrected chi connectivity index (χ1v) is 10.5. The molecule has 6 nitrogen and oxygen atoms in total. The van der Waals surface area contributed by atoms with E-state index in [4.69, 9.17) is 9.47 Å². The van der Waals surface area contributed by atoms with Crippen LogP contribution in [0.5, 0.6) is 11.5 Å². The highest BCUT2D eigenvalue weighted by atomic mass is 16.5. The Kier molecular flexibility index (Phi) is 6.82. The molecule has 3 aromatic carbocycles. The van der Waals surface area contributed by atoms with Gasteiger partial charge in [-0.2, -0.15) is 0 Å². The molecule has 0 aromatic heterocycles. The molecule has 0 saturated carbocycles. The normalized spacial score (nSPS) is 12.9. The van der Waals surface area contributed by atoms with Gasteiger partial charge < -0.3 is 19.7 Å². The molecule has 0 aliphatic carbocycles. The third kappa shape index (κ3) is 5.55. The van der Waals surface area contributed by atoms with Gasteiger partial charge >= 0.3 is 0 Å². The van der Waals surface area contributed by atoms with Crippen LogP contribution >= 0.6 is 0 Å². The summed E-state index contributed by atoms with van der Waals surface area (Å²) >= 11 is 0. The fourth-order valence-corrected chi connectivity index (χ4v) is 3.37.